The van der Waals surface area contributed by atoms with Crippen LogP contribution in [-0.4, -0.2) is 23.5 Å². The first-order valence-corrected chi connectivity index (χ1v) is 7.55. The van der Waals surface area contributed by atoms with Gasteiger partial charge in [-0.25, -0.2) is 4.98 Å². The lowest BCUT2D eigenvalue weighted by atomic mass is 10.0. The van der Waals surface area contributed by atoms with E-state index in [0.717, 1.165) is 19.4 Å². The quantitative estimate of drug-likeness (QED) is 0.806. The molecule has 0 spiro atoms. The molecule has 4 nitrogen and oxygen atoms in total. The van der Waals surface area contributed by atoms with Crippen molar-refractivity contribution in [2.45, 2.75) is 46.6 Å². The topological polar surface area (TPSA) is 54.0 Å². The summed E-state index contributed by atoms with van der Waals surface area (Å²) in [6, 6.07) is 1.79. The monoisotopic (exact) mass is 297 g/mol. The maximum atomic E-state index is 12.1. The van der Waals surface area contributed by atoms with Crippen LogP contribution in [0.4, 0.5) is 5.82 Å². The number of rotatable bonds is 7. The lowest BCUT2D eigenvalue weighted by Crippen LogP contribution is -2.33. The van der Waals surface area contributed by atoms with E-state index in [2.05, 4.69) is 29.5 Å². The molecular weight excluding hydrogens is 274 g/mol. The van der Waals surface area contributed by atoms with E-state index in [1.54, 1.807) is 12.3 Å². The van der Waals surface area contributed by atoms with Crippen LogP contribution in [-0.2, 0) is 0 Å². The summed E-state index contributed by atoms with van der Waals surface area (Å²) in [5.41, 5.74) is 0.493. The van der Waals surface area contributed by atoms with Crippen molar-refractivity contribution in [1.29, 1.82) is 0 Å². The molecular formula is C15H24ClN3O. The number of halogens is 1. The molecule has 0 fully saturated rings. The van der Waals surface area contributed by atoms with Gasteiger partial charge in [-0.15, -0.1) is 0 Å². The zero-order valence-corrected chi connectivity index (χ0v) is 13.4. The first kappa shape index (κ1) is 16.8. The van der Waals surface area contributed by atoms with Gasteiger partial charge < -0.3 is 10.6 Å². The third-order valence-corrected chi connectivity index (χ3v) is 3.57. The van der Waals surface area contributed by atoms with Crippen LogP contribution in [0, 0.1) is 5.92 Å². The predicted molar refractivity (Wildman–Crippen MR) is 84.4 cm³/mol. The average Bonchev–Trinajstić information content (AvgIpc) is 2.40. The maximum Gasteiger partial charge on any atom is 0.253 e. The molecule has 1 aromatic heterocycles. The maximum absolute atomic E-state index is 12.1. The van der Waals surface area contributed by atoms with Crippen LogP contribution in [0.1, 0.15) is 50.9 Å². The number of amides is 1. The molecule has 1 amide bonds. The molecule has 0 saturated carbocycles. The Bertz CT molecular complexity index is 451. The van der Waals surface area contributed by atoms with Gasteiger partial charge in [0, 0.05) is 18.8 Å². The Hall–Kier alpha value is -1.29. The van der Waals surface area contributed by atoms with Crippen molar-refractivity contribution in [3.05, 3.63) is 22.8 Å². The third kappa shape index (κ3) is 5.00. The standard InChI is InChI=1S/C15H24ClN3O/c1-5-10(3)7-11(4)19-15(20)12-8-13(16)14(17-6-2)18-9-12/h8-11H,5-7H2,1-4H3,(H,17,18)(H,19,20). The second kappa shape index (κ2) is 8.10. The fourth-order valence-electron chi connectivity index (χ4n) is 2.00. The molecule has 1 aromatic rings. The normalized spacial score (nSPS) is 13.7. The Balaban J connectivity index is 2.66. The number of pyridine rings is 1. The summed E-state index contributed by atoms with van der Waals surface area (Å²) in [7, 11) is 0. The third-order valence-electron chi connectivity index (χ3n) is 3.28. The highest BCUT2D eigenvalue weighted by atomic mass is 35.5. The van der Waals surface area contributed by atoms with E-state index < -0.39 is 0 Å². The molecule has 5 heteroatoms. The van der Waals surface area contributed by atoms with Gasteiger partial charge in [0.25, 0.3) is 5.91 Å². The molecule has 2 atom stereocenters. The SMILES string of the molecule is CCNc1ncc(C(=O)NC(C)CC(C)CC)cc1Cl. The van der Waals surface area contributed by atoms with Gasteiger partial charge in [-0.05, 0) is 32.3 Å². The molecule has 1 rings (SSSR count). The van der Waals surface area contributed by atoms with Crippen LogP contribution in [0.15, 0.2) is 12.3 Å². The van der Waals surface area contributed by atoms with Gasteiger partial charge in [-0.2, -0.15) is 0 Å². The van der Waals surface area contributed by atoms with Crippen LogP contribution in [0.2, 0.25) is 5.02 Å². The largest absolute Gasteiger partial charge is 0.369 e. The molecule has 0 aliphatic carbocycles. The Kier molecular flexibility index (Phi) is 6.79. The van der Waals surface area contributed by atoms with Gasteiger partial charge in [-0.1, -0.05) is 31.9 Å². The molecule has 0 aromatic carbocycles. The summed E-state index contributed by atoms with van der Waals surface area (Å²) in [4.78, 5) is 16.3. The number of hydrogen-bond donors (Lipinski definition) is 2. The minimum absolute atomic E-state index is 0.127. The Morgan fingerprint density at radius 1 is 1.40 bits per heavy atom. The van der Waals surface area contributed by atoms with Gasteiger partial charge in [0.05, 0.1) is 10.6 Å². The van der Waals surface area contributed by atoms with Gasteiger partial charge >= 0.3 is 0 Å². The van der Waals surface area contributed by atoms with Gasteiger partial charge in [0.1, 0.15) is 5.82 Å². The first-order chi connectivity index (χ1) is 9.47. The summed E-state index contributed by atoms with van der Waals surface area (Å²) >= 11 is 6.09. The minimum atomic E-state index is -0.127. The van der Waals surface area contributed by atoms with E-state index >= 15 is 0 Å². The highest BCUT2D eigenvalue weighted by Crippen LogP contribution is 2.20. The number of carbonyl (C=O) groups is 1. The molecule has 2 unspecified atom stereocenters. The highest BCUT2D eigenvalue weighted by molar-refractivity contribution is 6.33. The van der Waals surface area contributed by atoms with Crippen molar-refractivity contribution in [1.82, 2.24) is 10.3 Å². The fraction of sp³-hybridized carbons (Fsp3) is 0.600. The zero-order valence-electron chi connectivity index (χ0n) is 12.7. The van der Waals surface area contributed by atoms with Crippen molar-refractivity contribution in [3.63, 3.8) is 0 Å². The van der Waals surface area contributed by atoms with Crippen LogP contribution in [0.3, 0.4) is 0 Å². The second-order valence-corrected chi connectivity index (χ2v) is 5.62. The van der Waals surface area contributed by atoms with Gasteiger partial charge in [-0.3, -0.25) is 4.79 Å². The highest BCUT2D eigenvalue weighted by Gasteiger charge is 2.14. The number of hydrogen-bond acceptors (Lipinski definition) is 3. The summed E-state index contributed by atoms with van der Waals surface area (Å²) in [5, 5.41) is 6.49. The number of nitrogens with zero attached hydrogens (tertiary/aromatic N) is 1. The second-order valence-electron chi connectivity index (χ2n) is 5.21. The minimum Gasteiger partial charge on any atom is -0.369 e. The van der Waals surface area contributed by atoms with Gasteiger partial charge in [0.15, 0.2) is 0 Å². The number of nitrogens with one attached hydrogen (secondary N) is 2. The molecule has 0 radical (unpaired) electrons. The fourth-order valence-corrected chi connectivity index (χ4v) is 2.23. The summed E-state index contributed by atoms with van der Waals surface area (Å²) in [5.74, 6) is 1.08. The Labute approximate surface area is 126 Å². The lowest BCUT2D eigenvalue weighted by Gasteiger charge is -2.17. The number of anilines is 1. The summed E-state index contributed by atoms with van der Waals surface area (Å²) < 4.78 is 0. The van der Waals surface area contributed by atoms with E-state index in [-0.39, 0.29) is 11.9 Å². The molecule has 0 aliphatic heterocycles. The van der Waals surface area contributed by atoms with Gasteiger partial charge in [0.2, 0.25) is 0 Å². The number of aromatic nitrogens is 1. The van der Waals surface area contributed by atoms with Crippen molar-refractivity contribution in [3.8, 4) is 0 Å². The molecule has 2 N–H and O–H groups in total. The predicted octanol–water partition coefficient (Wildman–Crippen LogP) is 3.72. The van der Waals surface area contributed by atoms with Crippen LogP contribution in [0.5, 0.6) is 0 Å². The average molecular weight is 298 g/mol. The van der Waals surface area contributed by atoms with E-state index in [9.17, 15) is 4.79 Å². The van der Waals surface area contributed by atoms with Crippen molar-refractivity contribution in [2.75, 3.05) is 11.9 Å². The molecule has 112 valence electrons. The number of carbonyl (C=O) groups excluding carboxylic acids is 1. The first-order valence-electron chi connectivity index (χ1n) is 7.18. The van der Waals surface area contributed by atoms with E-state index in [1.165, 1.54) is 0 Å². The molecule has 20 heavy (non-hydrogen) atoms. The molecule has 0 bridgehead atoms. The molecule has 0 saturated heterocycles. The zero-order chi connectivity index (χ0) is 15.1. The molecule has 0 aliphatic rings. The van der Waals surface area contributed by atoms with E-state index in [1.807, 2.05) is 13.8 Å². The lowest BCUT2D eigenvalue weighted by molar-refractivity contribution is 0.0935. The van der Waals surface area contributed by atoms with Crippen molar-refractivity contribution >= 4 is 23.3 Å². The van der Waals surface area contributed by atoms with Crippen LogP contribution >= 0.6 is 11.6 Å². The van der Waals surface area contributed by atoms with Crippen molar-refractivity contribution < 1.29 is 4.79 Å². The van der Waals surface area contributed by atoms with E-state index in [4.69, 9.17) is 11.6 Å². The molecule has 1 heterocycles. The van der Waals surface area contributed by atoms with Crippen LogP contribution in [0.25, 0.3) is 0 Å². The smallest absolute Gasteiger partial charge is 0.253 e. The van der Waals surface area contributed by atoms with Crippen molar-refractivity contribution in [2.24, 2.45) is 5.92 Å². The summed E-state index contributed by atoms with van der Waals surface area (Å²) in [6.07, 6.45) is 3.64. The Morgan fingerprint density at radius 2 is 2.10 bits per heavy atom. The summed E-state index contributed by atoms with van der Waals surface area (Å²) in [6.45, 7) is 9.07. The Morgan fingerprint density at radius 3 is 2.65 bits per heavy atom. The van der Waals surface area contributed by atoms with E-state index in [0.29, 0.717) is 22.3 Å². The van der Waals surface area contributed by atoms with Crippen LogP contribution < -0.4 is 10.6 Å².